The molecule has 6 nitrogen and oxygen atoms in total. The Labute approximate surface area is 189 Å². The van der Waals surface area contributed by atoms with Crippen molar-refractivity contribution in [1.82, 2.24) is 25.4 Å². The van der Waals surface area contributed by atoms with Crippen LogP contribution in [0.2, 0.25) is 0 Å². The molecule has 1 aliphatic heterocycles. The summed E-state index contributed by atoms with van der Waals surface area (Å²) in [6.07, 6.45) is 1.96. The molecule has 0 saturated carbocycles. The molecule has 1 aromatic heterocycles. The summed E-state index contributed by atoms with van der Waals surface area (Å²) in [5, 5.41) is 10.9. The second-order valence-electron chi connectivity index (χ2n) is 7.34. The topological polar surface area (TPSA) is 73.9 Å². The standard InChI is InChI=1S/C22H24BrN5OS/c23-19-9-5-4-8-18(19)21-25-22(27-26-21)30-15-20(29)24-17-10-12-28(13-11-17)14-16-6-2-1-3-7-16/h1-9,17H,10-15H2,(H,24,29)(H,25,26,27). The lowest BCUT2D eigenvalue weighted by Crippen LogP contribution is -2.44. The van der Waals surface area contributed by atoms with Crippen molar-refractivity contribution >= 4 is 33.6 Å². The number of H-pyrrole nitrogens is 1. The minimum atomic E-state index is 0.0359. The fourth-order valence-electron chi connectivity index (χ4n) is 3.56. The van der Waals surface area contributed by atoms with Crippen molar-refractivity contribution in [3.05, 3.63) is 64.6 Å². The number of nitrogens with one attached hydrogen (secondary N) is 2. The first-order valence-electron chi connectivity index (χ1n) is 10.0. The van der Waals surface area contributed by atoms with E-state index in [1.165, 1.54) is 17.3 Å². The van der Waals surface area contributed by atoms with E-state index in [-0.39, 0.29) is 11.9 Å². The number of likely N-dealkylation sites (tertiary alicyclic amines) is 1. The molecule has 1 saturated heterocycles. The number of piperidine rings is 1. The van der Waals surface area contributed by atoms with Crippen LogP contribution >= 0.6 is 27.7 Å². The van der Waals surface area contributed by atoms with Crippen molar-refractivity contribution in [2.75, 3.05) is 18.8 Å². The molecular formula is C22H24BrN5OS. The highest BCUT2D eigenvalue weighted by atomic mass is 79.9. The second-order valence-corrected chi connectivity index (χ2v) is 9.14. The Hall–Kier alpha value is -2.16. The number of benzene rings is 2. The molecule has 1 amide bonds. The monoisotopic (exact) mass is 485 g/mol. The SMILES string of the molecule is O=C(CSc1n[nH]c(-c2ccccc2Br)n1)NC1CCN(Cc2ccccc2)CC1. The van der Waals surface area contributed by atoms with Crippen LogP contribution in [0, 0.1) is 0 Å². The highest BCUT2D eigenvalue weighted by molar-refractivity contribution is 9.10. The average molecular weight is 486 g/mol. The van der Waals surface area contributed by atoms with E-state index in [9.17, 15) is 4.79 Å². The maximum Gasteiger partial charge on any atom is 0.230 e. The Balaban J connectivity index is 1.20. The fourth-order valence-corrected chi connectivity index (χ4v) is 4.64. The van der Waals surface area contributed by atoms with Gasteiger partial charge in [0.2, 0.25) is 11.1 Å². The molecule has 2 heterocycles. The molecule has 30 heavy (non-hydrogen) atoms. The van der Waals surface area contributed by atoms with Gasteiger partial charge in [-0.1, -0.05) is 76.2 Å². The number of halogens is 1. The molecule has 1 aliphatic rings. The molecule has 3 aromatic rings. The van der Waals surface area contributed by atoms with Gasteiger partial charge in [-0.15, -0.1) is 5.10 Å². The van der Waals surface area contributed by atoms with Crippen molar-refractivity contribution in [3.8, 4) is 11.4 Å². The van der Waals surface area contributed by atoms with Gasteiger partial charge in [-0.05, 0) is 24.5 Å². The summed E-state index contributed by atoms with van der Waals surface area (Å²) >= 11 is 4.87. The van der Waals surface area contributed by atoms with Gasteiger partial charge in [-0.2, -0.15) is 0 Å². The zero-order valence-corrected chi connectivity index (χ0v) is 19.0. The first-order chi connectivity index (χ1) is 14.7. The average Bonchev–Trinajstić information content (AvgIpc) is 3.24. The molecule has 0 aliphatic carbocycles. The minimum Gasteiger partial charge on any atom is -0.353 e. The summed E-state index contributed by atoms with van der Waals surface area (Å²) in [6.45, 7) is 2.98. The van der Waals surface area contributed by atoms with E-state index < -0.39 is 0 Å². The number of nitrogens with zero attached hydrogens (tertiary/aromatic N) is 3. The van der Waals surface area contributed by atoms with Crippen LogP contribution in [0.3, 0.4) is 0 Å². The Bertz CT molecular complexity index is 972. The summed E-state index contributed by atoms with van der Waals surface area (Å²) in [5.74, 6) is 1.04. The van der Waals surface area contributed by atoms with Gasteiger partial charge in [-0.25, -0.2) is 4.98 Å². The maximum absolute atomic E-state index is 12.4. The van der Waals surface area contributed by atoms with Gasteiger partial charge in [-0.3, -0.25) is 14.8 Å². The molecule has 2 aromatic carbocycles. The van der Waals surface area contributed by atoms with E-state index in [4.69, 9.17) is 0 Å². The molecule has 0 unspecified atom stereocenters. The molecule has 1 fully saturated rings. The third kappa shape index (κ3) is 5.71. The lowest BCUT2D eigenvalue weighted by molar-refractivity contribution is -0.119. The zero-order valence-electron chi connectivity index (χ0n) is 16.6. The van der Waals surface area contributed by atoms with Gasteiger partial charge < -0.3 is 5.32 Å². The van der Waals surface area contributed by atoms with E-state index in [1.54, 1.807) is 0 Å². The predicted molar refractivity (Wildman–Crippen MR) is 123 cm³/mol. The van der Waals surface area contributed by atoms with Gasteiger partial charge in [0, 0.05) is 35.7 Å². The van der Waals surface area contributed by atoms with E-state index >= 15 is 0 Å². The molecule has 0 radical (unpaired) electrons. The Morgan fingerprint density at radius 1 is 1.13 bits per heavy atom. The van der Waals surface area contributed by atoms with Gasteiger partial charge in [0.05, 0.1) is 5.75 Å². The number of amides is 1. The fraction of sp³-hybridized carbons (Fsp3) is 0.318. The maximum atomic E-state index is 12.4. The number of rotatable bonds is 7. The predicted octanol–water partition coefficient (Wildman–Crippen LogP) is 4.11. The number of aromatic amines is 1. The van der Waals surface area contributed by atoms with Crippen LogP contribution in [-0.4, -0.2) is 50.9 Å². The van der Waals surface area contributed by atoms with Crippen LogP contribution in [0.25, 0.3) is 11.4 Å². The summed E-state index contributed by atoms with van der Waals surface area (Å²) in [6, 6.07) is 18.6. The molecule has 8 heteroatoms. The van der Waals surface area contributed by atoms with Crippen LogP contribution < -0.4 is 5.32 Å². The largest absolute Gasteiger partial charge is 0.353 e. The summed E-state index contributed by atoms with van der Waals surface area (Å²) in [7, 11) is 0. The van der Waals surface area contributed by atoms with E-state index in [1.807, 2.05) is 30.3 Å². The van der Waals surface area contributed by atoms with Crippen molar-refractivity contribution in [3.63, 3.8) is 0 Å². The van der Waals surface area contributed by atoms with Crippen molar-refractivity contribution < 1.29 is 4.79 Å². The molecule has 0 atom stereocenters. The lowest BCUT2D eigenvalue weighted by atomic mass is 10.0. The molecular weight excluding hydrogens is 462 g/mol. The molecule has 4 rings (SSSR count). The van der Waals surface area contributed by atoms with Gasteiger partial charge in [0.25, 0.3) is 0 Å². The molecule has 0 spiro atoms. The molecule has 156 valence electrons. The van der Waals surface area contributed by atoms with E-state index in [0.717, 1.165) is 42.5 Å². The number of hydrogen-bond acceptors (Lipinski definition) is 5. The van der Waals surface area contributed by atoms with E-state index in [0.29, 0.717) is 16.7 Å². The highest BCUT2D eigenvalue weighted by Crippen LogP contribution is 2.26. The van der Waals surface area contributed by atoms with Gasteiger partial charge >= 0.3 is 0 Å². The number of hydrogen-bond donors (Lipinski definition) is 2. The van der Waals surface area contributed by atoms with Crippen LogP contribution in [-0.2, 0) is 11.3 Å². The first-order valence-corrected chi connectivity index (χ1v) is 11.8. The van der Waals surface area contributed by atoms with Crippen LogP contribution in [0.5, 0.6) is 0 Å². The van der Waals surface area contributed by atoms with E-state index in [2.05, 4.69) is 65.6 Å². The molecule has 2 N–H and O–H groups in total. The van der Waals surface area contributed by atoms with Crippen molar-refractivity contribution in [2.24, 2.45) is 0 Å². The highest BCUT2D eigenvalue weighted by Gasteiger charge is 2.21. The molecule has 0 bridgehead atoms. The summed E-state index contributed by atoms with van der Waals surface area (Å²) in [5.41, 5.74) is 2.29. The smallest absolute Gasteiger partial charge is 0.230 e. The first kappa shape index (κ1) is 21.1. The normalized spacial score (nSPS) is 15.2. The zero-order chi connectivity index (χ0) is 20.8. The third-order valence-corrected chi connectivity index (χ3v) is 6.67. The third-order valence-electron chi connectivity index (χ3n) is 5.13. The Kier molecular flexibility index (Phi) is 7.20. The van der Waals surface area contributed by atoms with Crippen LogP contribution in [0.4, 0.5) is 0 Å². The Morgan fingerprint density at radius 2 is 1.87 bits per heavy atom. The van der Waals surface area contributed by atoms with Crippen LogP contribution in [0.15, 0.2) is 64.2 Å². The number of carbonyl (C=O) groups excluding carboxylic acids is 1. The lowest BCUT2D eigenvalue weighted by Gasteiger charge is -2.32. The van der Waals surface area contributed by atoms with Crippen molar-refractivity contribution in [1.29, 1.82) is 0 Å². The van der Waals surface area contributed by atoms with Crippen LogP contribution in [0.1, 0.15) is 18.4 Å². The van der Waals surface area contributed by atoms with Gasteiger partial charge in [0.1, 0.15) is 0 Å². The summed E-state index contributed by atoms with van der Waals surface area (Å²) in [4.78, 5) is 19.3. The number of aromatic nitrogens is 3. The quantitative estimate of drug-likeness (QED) is 0.492. The minimum absolute atomic E-state index is 0.0359. The second kappa shape index (κ2) is 10.2. The Morgan fingerprint density at radius 3 is 2.63 bits per heavy atom. The number of carbonyl (C=O) groups is 1. The van der Waals surface area contributed by atoms with Crippen molar-refractivity contribution in [2.45, 2.75) is 30.6 Å². The number of thioether (sulfide) groups is 1. The summed E-state index contributed by atoms with van der Waals surface area (Å²) < 4.78 is 0.953. The van der Waals surface area contributed by atoms with Gasteiger partial charge in [0.15, 0.2) is 5.82 Å².